The number of phenols is 1. The van der Waals surface area contributed by atoms with E-state index in [9.17, 15) is 15.3 Å². The van der Waals surface area contributed by atoms with Gasteiger partial charge in [0.15, 0.2) is 6.23 Å². The molecule has 0 radical (unpaired) electrons. The minimum atomic E-state index is -1.24. The smallest absolute Gasteiger partial charge is 0.156 e. The molecular weight excluding hydrogens is 226 g/mol. The van der Waals surface area contributed by atoms with Crippen LogP contribution in [0, 0.1) is 0 Å². The van der Waals surface area contributed by atoms with E-state index < -0.39 is 24.5 Å². The van der Waals surface area contributed by atoms with E-state index in [0.29, 0.717) is 5.69 Å². The molecular formula is C11H15NO5. The van der Waals surface area contributed by atoms with Gasteiger partial charge in [0.25, 0.3) is 0 Å². The van der Waals surface area contributed by atoms with Gasteiger partial charge in [-0.3, -0.25) is 0 Å². The Morgan fingerprint density at radius 2 is 1.71 bits per heavy atom. The van der Waals surface area contributed by atoms with E-state index in [1.165, 1.54) is 12.1 Å². The normalized spacial score (nSPS) is 33.4. The molecule has 0 unspecified atom stereocenters. The molecule has 0 aromatic heterocycles. The van der Waals surface area contributed by atoms with Crippen LogP contribution in [0.1, 0.15) is 0 Å². The Balaban J connectivity index is 2.01. The van der Waals surface area contributed by atoms with E-state index in [4.69, 9.17) is 9.84 Å². The van der Waals surface area contributed by atoms with Gasteiger partial charge in [0.2, 0.25) is 0 Å². The maximum absolute atomic E-state index is 9.68. The second-order valence-corrected chi connectivity index (χ2v) is 3.99. The van der Waals surface area contributed by atoms with Crippen molar-refractivity contribution in [1.29, 1.82) is 0 Å². The summed E-state index contributed by atoms with van der Waals surface area (Å²) in [5.74, 6) is 0.135. The van der Waals surface area contributed by atoms with E-state index in [2.05, 4.69) is 5.32 Å². The van der Waals surface area contributed by atoms with Crippen LogP contribution in [0.25, 0.3) is 0 Å². The maximum Gasteiger partial charge on any atom is 0.156 e. The second kappa shape index (κ2) is 4.89. The number of anilines is 1. The summed E-state index contributed by atoms with van der Waals surface area (Å²) >= 11 is 0. The van der Waals surface area contributed by atoms with Gasteiger partial charge < -0.3 is 30.5 Å². The lowest BCUT2D eigenvalue weighted by Gasteiger charge is -2.35. The molecule has 0 amide bonds. The molecule has 1 aromatic carbocycles. The molecule has 4 atom stereocenters. The fourth-order valence-corrected chi connectivity index (χ4v) is 1.66. The van der Waals surface area contributed by atoms with E-state index in [1.807, 2.05) is 0 Å². The lowest BCUT2D eigenvalue weighted by Crippen LogP contribution is -2.55. The number of nitrogens with one attached hydrogen (secondary N) is 1. The zero-order chi connectivity index (χ0) is 12.4. The van der Waals surface area contributed by atoms with Crippen molar-refractivity contribution in [3.05, 3.63) is 24.3 Å². The second-order valence-electron chi connectivity index (χ2n) is 3.99. The third-order valence-corrected chi connectivity index (χ3v) is 2.68. The summed E-state index contributed by atoms with van der Waals surface area (Å²) in [6.07, 6.45) is -4.33. The summed E-state index contributed by atoms with van der Waals surface area (Å²) < 4.78 is 5.17. The Kier molecular flexibility index (Phi) is 3.49. The van der Waals surface area contributed by atoms with Gasteiger partial charge in [-0.05, 0) is 24.3 Å². The molecule has 1 heterocycles. The first-order valence-corrected chi connectivity index (χ1v) is 5.29. The lowest BCUT2D eigenvalue weighted by atomic mass is 10.0. The Bertz CT molecular complexity index is 369. The number of aliphatic hydroxyl groups is 3. The number of hydrogen-bond donors (Lipinski definition) is 5. The summed E-state index contributed by atoms with van der Waals surface area (Å²) in [4.78, 5) is 0. The fraction of sp³-hybridized carbons (Fsp3) is 0.455. The lowest BCUT2D eigenvalue weighted by molar-refractivity contribution is -0.178. The van der Waals surface area contributed by atoms with Crippen molar-refractivity contribution < 1.29 is 25.2 Å². The molecule has 1 aliphatic heterocycles. The molecule has 0 spiro atoms. The average Bonchev–Trinajstić information content (AvgIpc) is 2.33. The Morgan fingerprint density at radius 1 is 1.06 bits per heavy atom. The van der Waals surface area contributed by atoms with Gasteiger partial charge in [0, 0.05) is 5.69 Å². The van der Waals surface area contributed by atoms with Crippen LogP contribution in [-0.2, 0) is 4.74 Å². The molecule has 17 heavy (non-hydrogen) atoms. The molecule has 2 rings (SSSR count). The number of phenolic OH excluding ortho intramolecular Hbond substituents is 1. The molecule has 6 nitrogen and oxygen atoms in total. The van der Waals surface area contributed by atoms with Crippen molar-refractivity contribution in [2.24, 2.45) is 0 Å². The largest absolute Gasteiger partial charge is 0.508 e. The third kappa shape index (κ3) is 2.67. The molecule has 1 saturated heterocycles. The first-order chi connectivity index (χ1) is 8.08. The highest BCUT2D eigenvalue weighted by Crippen LogP contribution is 2.20. The van der Waals surface area contributed by atoms with Gasteiger partial charge in [-0.2, -0.15) is 0 Å². The van der Waals surface area contributed by atoms with Crippen molar-refractivity contribution in [2.75, 3.05) is 11.9 Å². The number of benzene rings is 1. The zero-order valence-corrected chi connectivity index (χ0v) is 9.02. The number of aromatic hydroxyl groups is 1. The van der Waals surface area contributed by atoms with Crippen LogP contribution in [-0.4, -0.2) is 51.6 Å². The predicted octanol–water partition coefficient (Wildman–Crippen LogP) is -0.757. The maximum atomic E-state index is 9.68. The van der Waals surface area contributed by atoms with Gasteiger partial charge in [-0.1, -0.05) is 0 Å². The minimum Gasteiger partial charge on any atom is -0.508 e. The van der Waals surface area contributed by atoms with E-state index in [1.54, 1.807) is 12.1 Å². The Morgan fingerprint density at radius 3 is 2.35 bits per heavy atom. The number of ether oxygens (including phenoxy) is 1. The van der Waals surface area contributed by atoms with Crippen LogP contribution in [0.4, 0.5) is 5.69 Å². The fourth-order valence-electron chi connectivity index (χ4n) is 1.66. The van der Waals surface area contributed by atoms with Crippen LogP contribution < -0.4 is 5.32 Å². The van der Waals surface area contributed by atoms with E-state index in [-0.39, 0.29) is 12.4 Å². The monoisotopic (exact) mass is 241 g/mol. The molecule has 0 saturated carbocycles. The molecule has 0 bridgehead atoms. The van der Waals surface area contributed by atoms with E-state index in [0.717, 1.165) is 0 Å². The molecule has 5 N–H and O–H groups in total. The standard InChI is InChI=1S/C11H15NO5/c13-7-3-1-6(2-4-7)12-11-10(16)9(15)8(14)5-17-11/h1-4,8-16H,5H2/t8-,9+,10-,11+/m0/s1. The molecule has 6 heteroatoms. The summed E-state index contributed by atoms with van der Waals surface area (Å²) in [7, 11) is 0. The number of hydrogen-bond acceptors (Lipinski definition) is 6. The van der Waals surface area contributed by atoms with E-state index >= 15 is 0 Å². The first-order valence-electron chi connectivity index (χ1n) is 5.29. The van der Waals surface area contributed by atoms with Gasteiger partial charge in [0.05, 0.1) is 6.61 Å². The van der Waals surface area contributed by atoms with Crippen molar-refractivity contribution >= 4 is 5.69 Å². The number of aliphatic hydroxyl groups excluding tert-OH is 3. The average molecular weight is 241 g/mol. The van der Waals surface area contributed by atoms with Gasteiger partial charge in [0.1, 0.15) is 24.1 Å². The van der Waals surface area contributed by atoms with Crippen molar-refractivity contribution in [1.82, 2.24) is 0 Å². The quantitative estimate of drug-likeness (QED) is 0.436. The third-order valence-electron chi connectivity index (χ3n) is 2.68. The highest BCUT2D eigenvalue weighted by Gasteiger charge is 2.37. The molecule has 1 aromatic rings. The summed E-state index contributed by atoms with van der Waals surface area (Å²) in [6, 6.07) is 6.21. The first kappa shape index (κ1) is 12.1. The topological polar surface area (TPSA) is 102 Å². The molecule has 0 aliphatic carbocycles. The summed E-state index contributed by atoms with van der Waals surface area (Å²) in [6.45, 7) is -0.0476. The van der Waals surface area contributed by atoms with Gasteiger partial charge in [-0.15, -0.1) is 0 Å². The van der Waals surface area contributed by atoms with Gasteiger partial charge in [-0.25, -0.2) is 0 Å². The predicted molar refractivity (Wildman–Crippen MR) is 59.5 cm³/mol. The van der Waals surface area contributed by atoms with Crippen molar-refractivity contribution in [3.8, 4) is 5.75 Å². The van der Waals surface area contributed by atoms with Crippen LogP contribution >= 0.6 is 0 Å². The van der Waals surface area contributed by atoms with Crippen molar-refractivity contribution in [3.63, 3.8) is 0 Å². The summed E-state index contributed by atoms with van der Waals surface area (Å²) in [5.41, 5.74) is 0.635. The Hall–Kier alpha value is -1.34. The van der Waals surface area contributed by atoms with Gasteiger partial charge >= 0.3 is 0 Å². The van der Waals surface area contributed by atoms with Crippen LogP contribution in [0.15, 0.2) is 24.3 Å². The molecule has 1 aliphatic rings. The van der Waals surface area contributed by atoms with Crippen LogP contribution in [0.3, 0.4) is 0 Å². The molecule has 94 valence electrons. The summed E-state index contributed by atoms with van der Waals surface area (Å²) in [5, 5.41) is 40.4. The zero-order valence-electron chi connectivity index (χ0n) is 9.02. The SMILES string of the molecule is Oc1ccc(N[C@@H]2OC[C@H](O)[C@@H](O)[C@@H]2O)cc1. The van der Waals surface area contributed by atoms with Crippen LogP contribution in [0.5, 0.6) is 5.75 Å². The highest BCUT2D eigenvalue weighted by molar-refractivity contribution is 5.46. The molecule has 1 fully saturated rings. The minimum absolute atomic E-state index is 0.0476. The number of rotatable bonds is 2. The van der Waals surface area contributed by atoms with Crippen LogP contribution in [0.2, 0.25) is 0 Å². The Labute approximate surface area is 98.1 Å². The van der Waals surface area contributed by atoms with Crippen molar-refractivity contribution in [2.45, 2.75) is 24.5 Å². The highest BCUT2D eigenvalue weighted by atomic mass is 16.5.